The molecule has 1 aliphatic rings. The standard InChI is InChI=1S/C15H31O3PS/c1-3-5-9-13-20-14-12-18-19(16,17-4-2)15-10-7-6-8-11-15/h15H,3-14H2,1-2H3. The second-order valence-electron chi connectivity index (χ2n) is 5.40. The van der Waals surface area contributed by atoms with Crippen molar-refractivity contribution in [2.75, 3.05) is 24.7 Å². The van der Waals surface area contributed by atoms with Crippen molar-refractivity contribution in [3.8, 4) is 0 Å². The number of thioether (sulfide) groups is 1. The maximum atomic E-state index is 12.8. The lowest BCUT2D eigenvalue weighted by molar-refractivity contribution is 0.206. The van der Waals surface area contributed by atoms with Gasteiger partial charge in [0.05, 0.1) is 18.9 Å². The van der Waals surface area contributed by atoms with Crippen LogP contribution >= 0.6 is 19.4 Å². The van der Waals surface area contributed by atoms with Crippen LogP contribution in [0.3, 0.4) is 0 Å². The molecule has 0 aliphatic heterocycles. The van der Waals surface area contributed by atoms with Crippen molar-refractivity contribution in [1.29, 1.82) is 0 Å². The fourth-order valence-corrected chi connectivity index (χ4v) is 5.74. The minimum Gasteiger partial charge on any atom is -0.309 e. The molecule has 0 saturated heterocycles. The maximum absolute atomic E-state index is 12.8. The third-order valence-electron chi connectivity index (χ3n) is 3.72. The molecule has 1 rings (SSSR count). The summed E-state index contributed by atoms with van der Waals surface area (Å²) >= 11 is 1.90. The van der Waals surface area contributed by atoms with E-state index in [9.17, 15) is 4.57 Å². The molecule has 1 atom stereocenters. The molecule has 120 valence electrons. The van der Waals surface area contributed by atoms with Gasteiger partial charge in [0.25, 0.3) is 0 Å². The highest BCUT2D eigenvalue weighted by Crippen LogP contribution is 2.57. The average Bonchev–Trinajstić information content (AvgIpc) is 2.47. The van der Waals surface area contributed by atoms with Crippen LogP contribution in [0.2, 0.25) is 0 Å². The highest BCUT2D eigenvalue weighted by molar-refractivity contribution is 7.99. The number of unbranched alkanes of at least 4 members (excludes halogenated alkanes) is 2. The molecule has 1 fully saturated rings. The summed E-state index contributed by atoms with van der Waals surface area (Å²) in [5.41, 5.74) is 0.140. The van der Waals surface area contributed by atoms with Crippen LogP contribution in [0.4, 0.5) is 0 Å². The van der Waals surface area contributed by atoms with Crippen LogP contribution in [-0.2, 0) is 13.6 Å². The molecule has 0 bridgehead atoms. The van der Waals surface area contributed by atoms with Crippen LogP contribution < -0.4 is 0 Å². The first-order valence-electron chi connectivity index (χ1n) is 8.19. The Morgan fingerprint density at radius 3 is 2.45 bits per heavy atom. The number of hydrogen-bond acceptors (Lipinski definition) is 4. The quantitative estimate of drug-likeness (QED) is 0.372. The van der Waals surface area contributed by atoms with Crippen molar-refractivity contribution in [1.82, 2.24) is 0 Å². The third kappa shape index (κ3) is 6.98. The summed E-state index contributed by atoms with van der Waals surface area (Å²) in [6.45, 7) is 5.16. The first-order valence-corrected chi connectivity index (χ1v) is 11.0. The van der Waals surface area contributed by atoms with Crippen molar-refractivity contribution >= 4 is 19.4 Å². The highest BCUT2D eigenvalue weighted by atomic mass is 32.2. The predicted molar refractivity (Wildman–Crippen MR) is 88.9 cm³/mol. The summed E-state index contributed by atoms with van der Waals surface area (Å²) in [4.78, 5) is 0. The van der Waals surface area contributed by atoms with Crippen molar-refractivity contribution in [2.24, 2.45) is 0 Å². The van der Waals surface area contributed by atoms with Crippen LogP contribution in [-0.4, -0.2) is 30.4 Å². The van der Waals surface area contributed by atoms with Gasteiger partial charge in [0, 0.05) is 5.75 Å². The van der Waals surface area contributed by atoms with Crippen LogP contribution in [0, 0.1) is 0 Å². The first-order chi connectivity index (χ1) is 9.73. The van der Waals surface area contributed by atoms with Crippen LogP contribution in [0.1, 0.15) is 65.2 Å². The molecule has 5 heteroatoms. The van der Waals surface area contributed by atoms with Gasteiger partial charge in [-0.1, -0.05) is 39.0 Å². The molecule has 0 N–H and O–H groups in total. The lowest BCUT2D eigenvalue weighted by Gasteiger charge is -2.29. The molecule has 20 heavy (non-hydrogen) atoms. The zero-order valence-corrected chi connectivity index (χ0v) is 14.9. The Morgan fingerprint density at radius 1 is 1.05 bits per heavy atom. The monoisotopic (exact) mass is 322 g/mol. The maximum Gasteiger partial charge on any atom is 0.333 e. The minimum absolute atomic E-state index is 0.140. The zero-order chi connectivity index (χ0) is 14.7. The molecule has 3 nitrogen and oxygen atoms in total. The summed E-state index contributed by atoms with van der Waals surface area (Å²) < 4.78 is 24.1. The van der Waals surface area contributed by atoms with E-state index in [2.05, 4.69) is 6.92 Å². The molecule has 0 aromatic heterocycles. The molecule has 0 heterocycles. The molecule has 0 aromatic carbocycles. The Kier molecular flexibility index (Phi) is 10.3. The molecule has 0 amide bonds. The molecular formula is C15H31O3PS. The second-order valence-corrected chi connectivity index (χ2v) is 8.95. The molecule has 0 spiro atoms. The largest absolute Gasteiger partial charge is 0.333 e. The average molecular weight is 322 g/mol. The number of hydrogen-bond donors (Lipinski definition) is 0. The predicted octanol–water partition coefficient (Wildman–Crippen LogP) is 5.49. The lowest BCUT2D eigenvalue weighted by Crippen LogP contribution is -2.17. The van der Waals surface area contributed by atoms with Gasteiger partial charge in [-0.3, -0.25) is 4.57 Å². The second kappa shape index (κ2) is 11.1. The Bertz CT molecular complexity index is 280. The molecule has 0 radical (unpaired) electrons. The van der Waals surface area contributed by atoms with Crippen LogP contribution in [0.5, 0.6) is 0 Å². The smallest absolute Gasteiger partial charge is 0.309 e. The minimum atomic E-state index is -2.87. The fraction of sp³-hybridized carbons (Fsp3) is 1.00. The zero-order valence-electron chi connectivity index (χ0n) is 13.1. The Hall–Kier alpha value is 0.500. The van der Waals surface area contributed by atoms with E-state index in [1.54, 1.807) is 0 Å². The lowest BCUT2D eigenvalue weighted by atomic mass is 10.0. The Balaban J connectivity index is 2.25. The summed E-state index contributed by atoms with van der Waals surface area (Å²) in [7, 11) is -2.87. The summed E-state index contributed by atoms with van der Waals surface area (Å²) in [6, 6.07) is 0. The topological polar surface area (TPSA) is 35.5 Å². The normalized spacial score (nSPS) is 19.9. The van der Waals surface area contributed by atoms with Crippen molar-refractivity contribution in [3.05, 3.63) is 0 Å². The van der Waals surface area contributed by atoms with E-state index < -0.39 is 7.60 Å². The van der Waals surface area contributed by atoms with Gasteiger partial charge in [0.2, 0.25) is 0 Å². The van der Waals surface area contributed by atoms with E-state index in [1.165, 1.54) is 31.4 Å². The van der Waals surface area contributed by atoms with Crippen molar-refractivity contribution < 1.29 is 13.6 Å². The fourth-order valence-electron chi connectivity index (χ4n) is 2.60. The van der Waals surface area contributed by atoms with Crippen molar-refractivity contribution in [3.63, 3.8) is 0 Å². The number of rotatable bonds is 11. The van der Waals surface area contributed by atoms with Gasteiger partial charge < -0.3 is 9.05 Å². The Labute approximate surface area is 129 Å². The molecule has 1 unspecified atom stereocenters. The summed E-state index contributed by atoms with van der Waals surface area (Å²) in [6.07, 6.45) is 9.42. The van der Waals surface area contributed by atoms with Crippen LogP contribution in [0.25, 0.3) is 0 Å². The Morgan fingerprint density at radius 2 is 1.80 bits per heavy atom. The third-order valence-corrected chi connectivity index (χ3v) is 7.33. The van der Waals surface area contributed by atoms with E-state index >= 15 is 0 Å². The summed E-state index contributed by atoms with van der Waals surface area (Å²) in [5, 5.41) is 0. The molecular weight excluding hydrogens is 291 g/mol. The summed E-state index contributed by atoms with van der Waals surface area (Å²) in [5.74, 6) is 2.10. The van der Waals surface area contributed by atoms with Gasteiger partial charge in [-0.25, -0.2) is 0 Å². The van der Waals surface area contributed by atoms with Gasteiger partial charge in [0.15, 0.2) is 0 Å². The first kappa shape index (κ1) is 18.5. The van der Waals surface area contributed by atoms with Gasteiger partial charge in [-0.2, -0.15) is 11.8 Å². The van der Waals surface area contributed by atoms with E-state index in [-0.39, 0.29) is 5.66 Å². The van der Waals surface area contributed by atoms with E-state index in [1.807, 2.05) is 18.7 Å². The van der Waals surface area contributed by atoms with E-state index in [0.29, 0.717) is 13.2 Å². The molecule has 1 saturated carbocycles. The molecule has 1 aliphatic carbocycles. The van der Waals surface area contributed by atoms with E-state index in [0.717, 1.165) is 31.4 Å². The SMILES string of the molecule is CCCCCSCCOP(=O)(OCC)C1CCCCC1. The molecule has 0 aromatic rings. The highest BCUT2D eigenvalue weighted by Gasteiger charge is 2.36. The van der Waals surface area contributed by atoms with Gasteiger partial charge in [-0.15, -0.1) is 0 Å². The van der Waals surface area contributed by atoms with Gasteiger partial charge in [0.1, 0.15) is 0 Å². The van der Waals surface area contributed by atoms with Crippen LogP contribution in [0.15, 0.2) is 0 Å². The van der Waals surface area contributed by atoms with Gasteiger partial charge in [-0.05, 0) is 31.9 Å². The van der Waals surface area contributed by atoms with Crippen molar-refractivity contribution in [2.45, 2.75) is 70.9 Å². The van der Waals surface area contributed by atoms with Gasteiger partial charge >= 0.3 is 7.60 Å². The van der Waals surface area contributed by atoms with E-state index in [4.69, 9.17) is 9.05 Å².